The number of likely N-dealkylation sites (tertiary alicyclic amines) is 1. The molecule has 4 aromatic rings. The summed E-state index contributed by atoms with van der Waals surface area (Å²) in [6.07, 6.45) is 2.25. The van der Waals surface area contributed by atoms with E-state index in [1.165, 1.54) is 11.2 Å². The molecule has 2 aliphatic heterocycles. The number of rotatable bonds is 6. The normalized spacial score (nSPS) is 19.9. The van der Waals surface area contributed by atoms with Gasteiger partial charge in [-0.25, -0.2) is 0 Å². The summed E-state index contributed by atoms with van der Waals surface area (Å²) < 4.78 is 17.3. The van der Waals surface area contributed by atoms with E-state index in [4.69, 9.17) is 13.9 Å². The molecular formula is C31H25NO6. The van der Waals surface area contributed by atoms with Crippen LogP contribution in [0.1, 0.15) is 35.4 Å². The molecule has 1 amide bonds. The first-order valence-corrected chi connectivity index (χ1v) is 12.4. The zero-order valence-electron chi connectivity index (χ0n) is 20.7. The van der Waals surface area contributed by atoms with Gasteiger partial charge in [-0.3, -0.25) is 9.59 Å². The molecule has 7 heteroatoms. The maximum atomic E-state index is 13.4. The maximum Gasteiger partial charge on any atom is 0.296 e. The van der Waals surface area contributed by atoms with Crippen LogP contribution in [0.3, 0.4) is 0 Å². The summed E-state index contributed by atoms with van der Waals surface area (Å²) in [6, 6.07) is 24.5. The van der Waals surface area contributed by atoms with Crippen molar-refractivity contribution in [2.24, 2.45) is 0 Å². The summed E-state index contributed by atoms with van der Waals surface area (Å²) >= 11 is 0. The highest BCUT2D eigenvalue weighted by Gasteiger charge is 2.46. The van der Waals surface area contributed by atoms with Crippen molar-refractivity contribution in [2.45, 2.75) is 32.0 Å². The zero-order chi connectivity index (χ0) is 26.2. The number of furan rings is 1. The first kappa shape index (κ1) is 23.6. The number of Topliss-reactive ketones (excluding diaryl/α,β-unsaturated/α-hetero) is 1. The molecule has 1 N–H and O–H groups in total. The summed E-state index contributed by atoms with van der Waals surface area (Å²) in [5.41, 5.74) is 2.05. The number of aliphatic hydroxyl groups excluding tert-OH is 1. The van der Waals surface area contributed by atoms with Gasteiger partial charge in [0.05, 0.1) is 24.4 Å². The fourth-order valence-corrected chi connectivity index (χ4v) is 5.06. The van der Waals surface area contributed by atoms with Crippen LogP contribution in [0.25, 0.3) is 5.76 Å². The lowest BCUT2D eigenvalue weighted by Crippen LogP contribution is -2.29. The summed E-state index contributed by atoms with van der Waals surface area (Å²) in [4.78, 5) is 28.1. The van der Waals surface area contributed by atoms with Gasteiger partial charge in [-0.2, -0.15) is 0 Å². The highest BCUT2D eigenvalue weighted by molar-refractivity contribution is 6.46. The van der Waals surface area contributed by atoms with Crippen LogP contribution in [-0.4, -0.2) is 27.8 Å². The van der Waals surface area contributed by atoms with E-state index in [1.807, 2.05) is 49.4 Å². The first-order chi connectivity index (χ1) is 18.5. The molecule has 0 aliphatic carbocycles. The number of hydrogen-bond acceptors (Lipinski definition) is 6. The predicted octanol–water partition coefficient (Wildman–Crippen LogP) is 6.02. The zero-order valence-corrected chi connectivity index (χ0v) is 20.7. The number of amides is 1. The van der Waals surface area contributed by atoms with E-state index in [-0.39, 0.29) is 24.0 Å². The molecule has 0 bridgehead atoms. The topological polar surface area (TPSA) is 89.2 Å². The molecule has 1 fully saturated rings. The molecule has 3 heterocycles. The summed E-state index contributed by atoms with van der Waals surface area (Å²) in [7, 11) is 0. The minimum absolute atomic E-state index is 0.0188. The second-order valence-electron chi connectivity index (χ2n) is 9.45. The highest BCUT2D eigenvalue weighted by Crippen LogP contribution is 2.42. The monoisotopic (exact) mass is 507 g/mol. The van der Waals surface area contributed by atoms with E-state index in [1.54, 1.807) is 42.5 Å². The number of aliphatic hydroxyl groups is 1. The molecule has 38 heavy (non-hydrogen) atoms. The van der Waals surface area contributed by atoms with Crippen LogP contribution in [0.4, 0.5) is 0 Å². The minimum Gasteiger partial charge on any atom is -0.507 e. The van der Waals surface area contributed by atoms with Crippen LogP contribution in [0.15, 0.2) is 101 Å². The molecule has 0 radical (unpaired) electrons. The number of para-hydroxylation sites is 1. The standard InChI is InChI=1S/C31H25NO6/c1-19-15-22-16-21(12-13-26(22)37-19)29(33)27-28(32(31(35)30(27)34)18-25-11-6-14-36-25)20-7-5-10-24(17-20)38-23-8-3-2-4-9-23/h2-14,16-17,19,28,33H,15,18H2,1H3/b29-27-. The van der Waals surface area contributed by atoms with Gasteiger partial charge < -0.3 is 23.9 Å². The molecule has 1 saturated heterocycles. The van der Waals surface area contributed by atoms with Crippen LogP contribution in [-0.2, 0) is 22.6 Å². The molecule has 7 nitrogen and oxygen atoms in total. The van der Waals surface area contributed by atoms with Crippen molar-refractivity contribution in [3.8, 4) is 17.2 Å². The van der Waals surface area contributed by atoms with E-state index >= 15 is 0 Å². The fourth-order valence-electron chi connectivity index (χ4n) is 5.06. The number of ether oxygens (including phenoxy) is 2. The van der Waals surface area contributed by atoms with E-state index in [9.17, 15) is 14.7 Å². The predicted molar refractivity (Wildman–Crippen MR) is 140 cm³/mol. The third-order valence-electron chi connectivity index (χ3n) is 6.77. The Morgan fingerprint density at radius 1 is 0.974 bits per heavy atom. The van der Waals surface area contributed by atoms with Crippen molar-refractivity contribution in [1.82, 2.24) is 4.90 Å². The molecule has 0 spiro atoms. The van der Waals surface area contributed by atoms with Gasteiger partial charge in [0.1, 0.15) is 34.9 Å². The van der Waals surface area contributed by atoms with Crippen LogP contribution in [0.2, 0.25) is 0 Å². The lowest BCUT2D eigenvalue weighted by molar-refractivity contribution is -0.140. The van der Waals surface area contributed by atoms with Gasteiger partial charge in [-0.05, 0) is 72.6 Å². The van der Waals surface area contributed by atoms with E-state index in [0.29, 0.717) is 34.8 Å². The lowest BCUT2D eigenvalue weighted by Gasteiger charge is -2.25. The average Bonchev–Trinajstić information content (AvgIpc) is 3.63. The van der Waals surface area contributed by atoms with E-state index < -0.39 is 17.7 Å². The number of hydrogen-bond donors (Lipinski definition) is 1. The second kappa shape index (κ2) is 9.59. The van der Waals surface area contributed by atoms with Crippen LogP contribution < -0.4 is 9.47 Å². The van der Waals surface area contributed by atoms with Gasteiger partial charge in [0, 0.05) is 12.0 Å². The highest BCUT2D eigenvalue weighted by atomic mass is 16.5. The Balaban J connectivity index is 1.45. The summed E-state index contributed by atoms with van der Waals surface area (Å²) in [5.74, 6) is 0.794. The Kier molecular flexibility index (Phi) is 5.96. The summed E-state index contributed by atoms with van der Waals surface area (Å²) in [6.45, 7) is 2.04. The van der Waals surface area contributed by atoms with Crippen molar-refractivity contribution < 1.29 is 28.6 Å². The third kappa shape index (κ3) is 4.32. The molecular weight excluding hydrogens is 482 g/mol. The van der Waals surface area contributed by atoms with Crippen molar-refractivity contribution >= 4 is 17.4 Å². The maximum absolute atomic E-state index is 13.4. The molecule has 3 aromatic carbocycles. The van der Waals surface area contributed by atoms with Gasteiger partial charge in [-0.1, -0.05) is 30.3 Å². The van der Waals surface area contributed by atoms with Gasteiger partial charge >= 0.3 is 0 Å². The van der Waals surface area contributed by atoms with Crippen molar-refractivity contribution in [2.75, 3.05) is 0 Å². The number of carbonyl (C=O) groups excluding carboxylic acids is 2. The Morgan fingerprint density at radius 3 is 2.58 bits per heavy atom. The fraction of sp³-hybridized carbons (Fsp3) is 0.161. The smallest absolute Gasteiger partial charge is 0.296 e. The van der Waals surface area contributed by atoms with Crippen LogP contribution in [0.5, 0.6) is 17.2 Å². The molecule has 0 saturated carbocycles. The molecule has 1 aromatic heterocycles. The van der Waals surface area contributed by atoms with Gasteiger partial charge in [0.25, 0.3) is 11.7 Å². The Labute approximate surface area is 219 Å². The molecule has 2 unspecified atom stereocenters. The quantitative estimate of drug-likeness (QED) is 0.195. The van der Waals surface area contributed by atoms with Crippen molar-refractivity contribution in [1.29, 1.82) is 0 Å². The van der Waals surface area contributed by atoms with Crippen LogP contribution >= 0.6 is 0 Å². The Hall–Kier alpha value is -4.78. The second-order valence-corrected chi connectivity index (χ2v) is 9.45. The van der Waals surface area contributed by atoms with E-state index in [2.05, 4.69) is 0 Å². The van der Waals surface area contributed by atoms with Gasteiger partial charge in [0.15, 0.2) is 0 Å². The number of benzene rings is 3. The Morgan fingerprint density at radius 2 is 1.79 bits per heavy atom. The minimum atomic E-state index is -0.845. The van der Waals surface area contributed by atoms with Crippen molar-refractivity contribution in [3.05, 3.63) is 119 Å². The average molecular weight is 508 g/mol. The summed E-state index contributed by atoms with van der Waals surface area (Å²) in [5, 5.41) is 11.5. The molecule has 6 rings (SSSR count). The third-order valence-corrected chi connectivity index (χ3v) is 6.77. The first-order valence-electron chi connectivity index (χ1n) is 12.4. The number of nitrogens with zero attached hydrogens (tertiary/aromatic N) is 1. The molecule has 2 atom stereocenters. The van der Waals surface area contributed by atoms with E-state index in [0.717, 1.165) is 11.3 Å². The molecule has 2 aliphatic rings. The number of ketones is 1. The van der Waals surface area contributed by atoms with Crippen molar-refractivity contribution in [3.63, 3.8) is 0 Å². The number of fused-ring (bicyclic) bond motifs is 1. The Bertz CT molecular complexity index is 1540. The van der Waals surface area contributed by atoms with Crippen LogP contribution in [0, 0.1) is 0 Å². The number of carbonyl (C=O) groups is 2. The lowest BCUT2D eigenvalue weighted by atomic mass is 9.94. The SMILES string of the molecule is CC1Cc2cc(/C(O)=C3/C(=O)C(=O)N(Cc4ccco4)C3c3cccc(Oc4ccccc4)c3)ccc2O1. The molecule has 190 valence electrons. The largest absolute Gasteiger partial charge is 0.507 e. The van der Waals surface area contributed by atoms with Gasteiger partial charge in [-0.15, -0.1) is 0 Å². The van der Waals surface area contributed by atoms with Gasteiger partial charge in [0.2, 0.25) is 0 Å².